The number of hydrogen-bond donors (Lipinski definition) is 2. The van der Waals surface area contributed by atoms with Crippen LogP contribution in [0.3, 0.4) is 0 Å². The summed E-state index contributed by atoms with van der Waals surface area (Å²) in [5.41, 5.74) is 1.21. The van der Waals surface area contributed by atoms with Gasteiger partial charge in [-0.25, -0.2) is 13.2 Å². The Bertz CT molecular complexity index is 1070. The number of benzene rings is 2. The number of carbonyl (C=O) groups excluding carboxylic acids is 2. The third-order valence-corrected chi connectivity index (χ3v) is 5.46. The van der Waals surface area contributed by atoms with Crippen molar-refractivity contribution in [3.8, 4) is 0 Å². The lowest BCUT2D eigenvalue weighted by molar-refractivity contribution is -0.112. The number of amides is 1. The Kier molecular flexibility index (Phi) is 5.60. The fourth-order valence-electron chi connectivity index (χ4n) is 2.65. The Morgan fingerprint density at radius 3 is 2.39 bits per heavy atom. The first kappa shape index (κ1) is 19.4. The summed E-state index contributed by atoms with van der Waals surface area (Å²) < 4.78 is 32.2. The summed E-state index contributed by atoms with van der Waals surface area (Å²) in [6.07, 6.45) is 2.95. The van der Waals surface area contributed by atoms with Crippen molar-refractivity contribution in [2.45, 2.75) is 6.42 Å². The Morgan fingerprint density at radius 2 is 1.68 bits per heavy atom. The van der Waals surface area contributed by atoms with E-state index in [1.165, 1.54) is 25.3 Å². The van der Waals surface area contributed by atoms with Crippen LogP contribution >= 0.6 is 0 Å². The van der Waals surface area contributed by atoms with Crippen LogP contribution in [0.5, 0.6) is 0 Å². The Labute approximate surface area is 162 Å². The van der Waals surface area contributed by atoms with Gasteiger partial charge in [0.2, 0.25) is 0 Å². The van der Waals surface area contributed by atoms with Crippen molar-refractivity contribution in [1.82, 2.24) is 0 Å². The highest BCUT2D eigenvalue weighted by molar-refractivity contribution is 7.96. The molecular weight excluding hydrogens is 380 g/mol. The van der Waals surface area contributed by atoms with Gasteiger partial charge in [0, 0.05) is 11.3 Å². The molecule has 0 atom stereocenters. The van der Waals surface area contributed by atoms with E-state index in [-0.39, 0.29) is 22.5 Å². The summed E-state index contributed by atoms with van der Waals surface area (Å²) in [5, 5.41) is 2.63. The van der Waals surface area contributed by atoms with E-state index in [0.29, 0.717) is 11.4 Å². The standard InChI is InChI=1S/C20H18N2O5S/c1-27-20(24)17-9-5-6-10-18(17)21-19(23)14-11-12-16(13-14)28(25,26)22-15-7-3-2-4-8-15/h2-10,12-13,22H,11H2,1H3,(H,21,23). The molecule has 2 N–H and O–H groups in total. The van der Waals surface area contributed by atoms with Gasteiger partial charge in [-0.15, -0.1) is 0 Å². The van der Waals surface area contributed by atoms with E-state index >= 15 is 0 Å². The molecule has 144 valence electrons. The van der Waals surface area contributed by atoms with Crippen LogP contribution in [-0.4, -0.2) is 27.4 Å². The maximum atomic E-state index is 12.5. The molecule has 2 aromatic carbocycles. The average Bonchev–Trinajstić information content (AvgIpc) is 3.20. The third-order valence-electron chi connectivity index (χ3n) is 4.05. The number of rotatable bonds is 6. The summed E-state index contributed by atoms with van der Waals surface area (Å²) in [4.78, 5) is 24.4. The molecule has 7 nitrogen and oxygen atoms in total. The Hall–Kier alpha value is -3.39. The summed E-state index contributed by atoms with van der Waals surface area (Å²) in [6, 6.07) is 14.9. The molecule has 1 amide bonds. The molecule has 0 saturated heterocycles. The van der Waals surface area contributed by atoms with E-state index in [9.17, 15) is 18.0 Å². The number of allylic oxidation sites excluding steroid dienone is 2. The number of esters is 1. The lowest BCUT2D eigenvalue weighted by atomic mass is 10.1. The zero-order chi connectivity index (χ0) is 20.1. The molecule has 28 heavy (non-hydrogen) atoms. The lowest BCUT2D eigenvalue weighted by Gasteiger charge is -2.10. The number of anilines is 2. The van der Waals surface area contributed by atoms with Gasteiger partial charge in [0.15, 0.2) is 0 Å². The van der Waals surface area contributed by atoms with Crippen molar-refractivity contribution < 1.29 is 22.7 Å². The van der Waals surface area contributed by atoms with Crippen molar-refractivity contribution in [2.75, 3.05) is 17.1 Å². The lowest BCUT2D eigenvalue weighted by Crippen LogP contribution is -2.17. The van der Waals surface area contributed by atoms with Gasteiger partial charge in [-0.1, -0.05) is 36.4 Å². The molecule has 0 bridgehead atoms. The highest BCUT2D eigenvalue weighted by Crippen LogP contribution is 2.25. The molecule has 0 spiro atoms. The first-order valence-corrected chi connectivity index (χ1v) is 9.86. The van der Waals surface area contributed by atoms with E-state index in [1.54, 1.807) is 48.5 Å². The van der Waals surface area contributed by atoms with Gasteiger partial charge in [-0.3, -0.25) is 9.52 Å². The second-order valence-corrected chi connectivity index (χ2v) is 7.63. The van der Waals surface area contributed by atoms with Gasteiger partial charge >= 0.3 is 5.97 Å². The smallest absolute Gasteiger partial charge is 0.339 e. The molecule has 0 saturated carbocycles. The minimum Gasteiger partial charge on any atom is -0.465 e. The van der Waals surface area contributed by atoms with E-state index in [4.69, 9.17) is 4.74 Å². The molecule has 3 rings (SSSR count). The molecule has 0 fully saturated rings. The molecule has 0 radical (unpaired) electrons. The Morgan fingerprint density at radius 1 is 1.00 bits per heavy atom. The average molecular weight is 398 g/mol. The molecule has 8 heteroatoms. The molecule has 1 aliphatic carbocycles. The van der Waals surface area contributed by atoms with Gasteiger partial charge in [0.05, 0.1) is 23.3 Å². The highest BCUT2D eigenvalue weighted by Gasteiger charge is 2.24. The molecular formula is C20H18N2O5S. The van der Waals surface area contributed by atoms with Gasteiger partial charge in [-0.05, 0) is 36.8 Å². The number of nitrogens with one attached hydrogen (secondary N) is 2. The van der Waals surface area contributed by atoms with Crippen molar-refractivity contribution in [3.63, 3.8) is 0 Å². The molecule has 2 aromatic rings. The van der Waals surface area contributed by atoms with Gasteiger partial charge in [0.1, 0.15) is 0 Å². The van der Waals surface area contributed by atoms with Crippen LogP contribution in [0, 0.1) is 0 Å². The van der Waals surface area contributed by atoms with E-state index in [1.807, 2.05) is 0 Å². The van der Waals surface area contributed by atoms with E-state index in [0.717, 1.165) is 0 Å². The predicted molar refractivity (Wildman–Crippen MR) is 106 cm³/mol. The maximum absolute atomic E-state index is 12.5. The second-order valence-electron chi connectivity index (χ2n) is 5.94. The van der Waals surface area contributed by atoms with Gasteiger partial charge < -0.3 is 10.1 Å². The van der Waals surface area contributed by atoms with Crippen molar-refractivity contribution >= 4 is 33.3 Å². The summed E-state index contributed by atoms with van der Waals surface area (Å²) >= 11 is 0. The molecule has 0 aromatic heterocycles. The van der Waals surface area contributed by atoms with Crippen LogP contribution in [0.15, 0.2) is 77.2 Å². The number of methoxy groups -OCH3 is 1. The van der Waals surface area contributed by atoms with Crippen molar-refractivity contribution in [1.29, 1.82) is 0 Å². The van der Waals surface area contributed by atoms with Crippen molar-refractivity contribution in [3.05, 3.63) is 82.8 Å². The minimum atomic E-state index is -3.80. The van der Waals surface area contributed by atoms with Crippen LogP contribution in [-0.2, 0) is 19.6 Å². The zero-order valence-electron chi connectivity index (χ0n) is 15.0. The normalized spacial score (nSPS) is 13.3. The van der Waals surface area contributed by atoms with Crippen LogP contribution in [0.25, 0.3) is 0 Å². The predicted octanol–water partition coefficient (Wildman–Crippen LogP) is 3.07. The fourth-order valence-corrected chi connectivity index (χ4v) is 3.81. The number of carbonyl (C=O) groups is 2. The highest BCUT2D eigenvalue weighted by atomic mass is 32.2. The SMILES string of the molecule is COC(=O)c1ccccc1NC(=O)C1=CC(S(=O)(=O)Nc2ccccc2)=CC1. The fraction of sp³-hybridized carbons (Fsp3) is 0.100. The Balaban J connectivity index is 1.75. The largest absolute Gasteiger partial charge is 0.465 e. The summed E-state index contributed by atoms with van der Waals surface area (Å²) in [5.74, 6) is -1.07. The number of ether oxygens (including phenoxy) is 1. The first-order chi connectivity index (χ1) is 13.4. The van der Waals surface area contributed by atoms with Crippen LogP contribution in [0.4, 0.5) is 11.4 Å². The molecule has 0 heterocycles. The van der Waals surface area contributed by atoms with E-state index in [2.05, 4.69) is 10.0 Å². The number of para-hydroxylation sites is 2. The van der Waals surface area contributed by atoms with Gasteiger partial charge in [0.25, 0.3) is 15.9 Å². The topological polar surface area (TPSA) is 102 Å². The number of hydrogen-bond acceptors (Lipinski definition) is 5. The second kappa shape index (κ2) is 8.10. The van der Waals surface area contributed by atoms with Crippen LogP contribution in [0.2, 0.25) is 0 Å². The summed E-state index contributed by atoms with van der Waals surface area (Å²) in [7, 11) is -2.55. The van der Waals surface area contributed by atoms with Gasteiger partial charge in [-0.2, -0.15) is 0 Å². The first-order valence-electron chi connectivity index (χ1n) is 8.38. The number of sulfonamides is 1. The molecule has 1 aliphatic rings. The quantitative estimate of drug-likeness (QED) is 0.728. The van der Waals surface area contributed by atoms with Crippen molar-refractivity contribution in [2.24, 2.45) is 0 Å². The maximum Gasteiger partial charge on any atom is 0.339 e. The van der Waals surface area contributed by atoms with Crippen LogP contribution < -0.4 is 10.0 Å². The van der Waals surface area contributed by atoms with Crippen LogP contribution in [0.1, 0.15) is 16.8 Å². The minimum absolute atomic E-state index is 0.0164. The monoisotopic (exact) mass is 398 g/mol. The zero-order valence-corrected chi connectivity index (χ0v) is 15.8. The molecule has 0 aliphatic heterocycles. The summed E-state index contributed by atoms with van der Waals surface area (Å²) in [6.45, 7) is 0. The van der Waals surface area contributed by atoms with E-state index < -0.39 is 21.9 Å². The molecule has 0 unspecified atom stereocenters. The third kappa shape index (κ3) is 4.29.